The van der Waals surface area contributed by atoms with E-state index in [2.05, 4.69) is 10.6 Å². The first kappa shape index (κ1) is 9.47. The molecule has 0 aliphatic heterocycles. The summed E-state index contributed by atoms with van der Waals surface area (Å²) in [5, 5.41) is 7.12. The summed E-state index contributed by atoms with van der Waals surface area (Å²) in [6, 6.07) is 0.836. The van der Waals surface area contributed by atoms with Crippen molar-refractivity contribution in [1.82, 2.24) is 10.6 Å². The van der Waals surface area contributed by atoms with Crippen LogP contribution in [0.5, 0.6) is 0 Å². The highest BCUT2D eigenvalue weighted by atomic mass is 15.0. The highest BCUT2D eigenvalue weighted by Gasteiger charge is 2.20. The molecule has 0 spiro atoms. The zero-order valence-electron chi connectivity index (χ0n) is 8.52. The van der Waals surface area contributed by atoms with Crippen molar-refractivity contribution < 1.29 is 0 Å². The third-order valence-corrected chi connectivity index (χ3v) is 3.22. The monoisotopic (exact) mass is 182 g/mol. The van der Waals surface area contributed by atoms with Crippen molar-refractivity contribution in [2.24, 2.45) is 5.92 Å². The molecule has 0 unspecified atom stereocenters. The molecule has 2 nitrogen and oxygen atoms in total. The second-order valence-corrected chi connectivity index (χ2v) is 4.58. The van der Waals surface area contributed by atoms with Gasteiger partial charge in [-0.3, -0.25) is 0 Å². The van der Waals surface area contributed by atoms with E-state index in [1.165, 1.54) is 45.1 Å². The van der Waals surface area contributed by atoms with Gasteiger partial charge in [-0.2, -0.15) is 0 Å². The van der Waals surface area contributed by atoms with Crippen LogP contribution in [0.2, 0.25) is 0 Å². The highest BCUT2D eigenvalue weighted by Crippen LogP contribution is 2.27. The first-order valence-corrected chi connectivity index (χ1v) is 5.89. The molecule has 13 heavy (non-hydrogen) atoms. The van der Waals surface area contributed by atoms with Gasteiger partial charge < -0.3 is 10.6 Å². The Balaban J connectivity index is 1.39. The zero-order chi connectivity index (χ0) is 8.93. The quantitative estimate of drug-likeness (QED) is 0.609. The van der Waals surface area contributed by atoms with Gasteiger partial charge in [0.1, 0.15) is 0 Å². The Morgan fingerprint density at radius 1 is 0.923 bits per heavy atom. The first-order valence-electron chi connectivity index (χ1n) is 5.89. The van der Waals surface area contributed by atoms with E-state index in [4.69, 9.17) is 0 Å². The predicted molar refractivity (Wildman–Crippen MR) is 55.9 cm³/mol. The molecular weight excluding hydrogens is 160 g/mol. The second kappa shape index (κ2) is 4.97. The number of nitrogens with one attached hydrogen (secondary N) is 2. The van der Waals surface area contributed by atoms with E-state index in [9.17, 15) is 0 Å². The highest BCUT2D eigenvalue weighted by molar-refractivity contribution is 4.76. The Kier molecular flexibility index (Phi) is 3.62. The lowest BCUT2D eigenvalue weighted by molar-refractivity contribution is 0.505. The van der Waals surface area contributed by atoms with Crippen molar-refractivity contribution in [1.29, 1.82) is 0 Å². The molecule has 0 bridgehead atoms. The van der Waals surface area contributed by atoms with E-state index in [0.717, 1.165) is 25.0 Å². The topological polar surface area (TPSA) is 24.1 Å². The van der Waals surface area contributed by atoms with E-state index in [1.807, 2.05) is 0 Å². The van der Waals surface area contributed by atoms with E-state index < -0.39 is 0 Å². The van der Waals surface area contributed by atoms with Crippen LogP contribution in [0.1, 0.15) is 38.5 Å². The fourth-order valence-corrected chi connectivity index (χ4v) is 2.12. The van der Waals surface area contributed by atoms with Gasteiger partial charge in [0.2, 0.25) is 0 Å². The lowest BCUT2D eigenvalue weighted by atomic mass is 10.2. The Morgan fingerprint density at radius 3 is 2.38 bits per heavy atom. The zero-order valence-corrected chi connectivity index (χ0v) is 8.52. The average Bonchev–Trinajstić information content (AvgIpc) is 2.81. The molecule has 2 rings (SSSR count). The van der Waals surface area contributed by atoms with E-state index in [0.29, 0.717) is 0 Å². The van der Waals surface area contributed by atoms with Gasteiger partial charge in [-0.15, -0.1) is 0 Å². The molecule has 0 heterocycles. The SMILES string of the molecule is C1CCC(NCCNCC2CC2)C1. The minimum Gasteiger partial charge on any atom is -0.315 e. The molecule has 2 aliphatic rings. The molecule has 0 saturated heterocycles. The van der Waals surface area contributed by atoms with Crippen molar-refractivity contribution >= 4 is 0 Å². The van der Waals surface area contributed by atoms with Crippen molar-refractivity contribution in [3.63, 3.8) is 0 Å². The lowest BCUT2D eigenvalue weighted by Gasteiger charge is -2.11. The summed E-state index contributed by atoms with van der Waals surface area (Å²) in [6.45, 7) is 3.58. The molecule has 0 aromatic carbocycles. The number of hydrogen-bond acceptors (Lipinski definition) is 2. The van der Waals surface area contributed by atoms with Crippen LogP contribution in [-0.4, -0.2) is 25.7 Å². The fraction of sp³-hybridized carbons (Fsp3) is 1.00. The fourth-order valence-electron chi connectivity index (χ4n) is 2.12. The Bertz CT molecular complexity index is 137. The second-order valence-electron chi connectivity index (χ2n) is 4.58. The standard InChI is InChI=1S/C11H22N2/c1-2-4-11(3-1)13-8-7-12-9-10-5-6-10/h10-13H,1-9H2. The summed E-state index contributed by atoms with van der Waals surface area (Å²) in [5.74, 6) is 1.02. The largest absolute Gasteiger partial charge is 0.315 e. The van der Waals surface area contributed by atoms with Crippen LogP contribution in [0.4, 0.5) is 0 Å². The van der Waals surface area contributed by atoms with Crippen LogP contribution in [0.15, 0.2) is 0 Å². The maximum absolute atomic E-state index is 3.61. The Labute approximate surface area is 81.5 Å². The molecule has 76 valence electrons. The van der Waals surface area contributed by atoms with Gasteiger partial charge in [-0.05, 0) is 38.1 Å². The van der Waals surface area contributed by atoms with E-state index in [-0.39, 0.29) is 0 Å². The maximum Gasteiger partial charge on any atom is 0.00793 e. The lowest BCUT2D eigenvalue weighted by Crippen LogP contribution is -2.34. The molecule has 2 aliphatic carbocycles. The van der Waals surface area contributed by atoms with Crippen LogP contribution in [0, 0.1) is 5.92 Å². The first-order chi connectivity index (χ1) is 6.45. The van der Waals surface area contributed by atoms with Crippen LogP contribution in [0.25, 0.3) is 0 Å². The van der Waals surface area contributed by atoms with Crippen molar-refractivity contribution in [2.45, 2.75) is 44.6 Å². The summed E-state index contributed by atoms with van der Waals surface area (Å²) in [4.78, 5) is 0. The Hall–Kier alpha value is -0.0800. The van der Waals surface area contributed by atoms with Gasteiger partial charge in [0.05, 0.1) is 0 Å². The maximum atomic E-state index is 3.61. The minimum absolute atomic E-state index is 0.836. The molecule has 0 aromatic heterocycles. The smallest absolute Gasteiger partial charge is 0.00793 e. The molecule has 2 heteroatoms. The Morgan fingerprint density at radius 2 is 1.69 bits per heavy atom. The van der Waals surface area contributed by atoms with E-state index in [1.54, 1.807) is 0 Å². The summed E-state index contributed by atoms with van der Waals surface area (Å²) >= 11 is 0. The van der Waals surface area contributed by atoms with Gasteiger partial charge in [0, 0.05) is 19.1 Å². The normalized spacial score (nSPS) is 24.0. The summed E-state index contributed by atoms with van der Waals surface area (Å²) in [7, 11) is 0. The van der Waals surface area contributed by atoms with Crippen LogP contribution in [0.3, 0.4) is 0 Å². The molecular formula is C11H22N2. The summed E-state index contributed by atoms with van der Waals surface area (Å²) < 4.78 is 0. The average molecular weight is 182 g/mol. The molecule has 2 saturated carbocycles. The summed E-state index contributed by atoms with van der Waals surface area (Å²) in [6.07, 6.45) is 8.61. The molecule has 2 fully saturated rings. The number of hydrogen-bond donors (Lipinski definition) is 2. The molecule has 0 amide bonds. The summed E-state index contributed by atoms with van der Waals surface area (Å²) in [5.41, 5.74) is 0. The van der Waals surface area contributed by atoms with Crippen molar-refractivity contribution in [2.75, 3.05) is 19.6 Å². The number of rotatable bonds is 6. The van der Waals surface area contributed by atoms with Gasteiger partial charge >= 0.3 is 0 Å². The minimum atomic E-state index is 0.836. The molecule has 2 N–H and O–H groups in total. The van der Waals surface area contributed by atoms with Crippen molar-refractivity contribution in [3.8, 4) is 0 Å². The third kappa shape index (κ3) is 3.65. The van der Waals surface area contributed by atoms with Gasteiger partial charge in [-0.1, -0.05) is 12.8 Å². The molecule has 0 radical (unpaired) electrons. The van der Waals surface area contributed by atoms with Crippen molar-refractivity contribution in [3.05, 3.63) is 0 Å². The third-order valence-electron chi connectivity index (χ3n) is 3.22. The van der Waals surface area contributed by atoms with Crippen LogP contribution < -0.4 is 10.6 Å². The van der Waals surface area contributed by atoms with Crippen LogP contribution in [-0.2, 0) is 0 Å². The molecule has 0 atom stereocenters. The van der Waals surface area contributed by atoms with Crippen LogP contribution >= 0.6 is 0 Å². The predicted octanol–water partition coefficient (Wildman–Crippen LogP) is 1.52. The van der Waals surface area contributed by atoms with E-state index >= 15 is 0 Å². The molecule has 0 aromatic rings. The van der Waals surface area contributed by atoms with Gasteiger partial charge in [-0.25, -0.2) is 0 Å². The van der Waals surface area contributed by atoms with Gasteiger partial charge in [0.25, 0.3) is 0 Å². The van der Waals surface area contributed by atoms with Gasteiger partial charge in [0.15, 0.2) is 0 Å².